The summed E-state index contributed by atoms with van der Waals surface area (Å²) < 4.78 is 15.6. The monoisotopic (exact) mass is 550 g/mol. The van der Waals surface area contributed by atoms with Gasteiger partial charge in [0.15, 0.2) is 0 Å². The Kier molecular flexibility index (Phi) is 10.8. The van der Waals surface area contributed by atoms with Crippen molar-refractivity contribution in [3.05, 3.63) is 39.4 Å². The molecule has 0 fully saturated rings. The predicted octanol–water partition coefficient (Wildman–Crippen LogP) is 4.15. The third-order valence-electron chi connectivity index (χ3n) is 4.83. The molecule has 3 N–H and O–H groups in total. The third-order valence-corrected chi connectivity index (χ3v) is 5.12. The summed E-state index contributed by atoms with van der Waals surface area (Å²) in [5, 5.41) is 21.8. The van der Waals surface area contributed by atoms with Gasteiger partial charge in [0.2, 0.25) is 5.91 Å². The third kappa shape index (κ3) is 8.58. The van der Waals surface area contributed by atoms with E-state index in [9.17, 15) is 24.5 Å². The summed E-state index contributed by atoms with van der Waals surface area (Å²) >= 11 is 6.12. The number of amides is 1. The van der Waals surface area contributed by atoms with Gasteiger partial charge in [-0.25, -0.2) is 0 Å². The van der Waals surface area contributed by atoms with Gasteiger partial charge in [-0.1, -0.05) is 11.6 Å². The number of rotatable bonds is 12. The Morgan fingerprint density at radius 2 is 1.66 bits per heavy atom. The largest absolute Gasteiger partial charge is 0.494 e. The van der Waals surface area contributed by atoms with Crippen molar-refractivity contribution in [3.63, 3.8) is 0 Å². The van der Waals surface area contributed by atoms with Crippen LogP contribution in [0.25, 0.3) is 0 Å². The fourth-order valence-corrected chi connectivity index (χ4v) is 3.47. The minimum absolute atomic E-state index is 0.00141. The number of nitro benzene ring substituents is 1. The Hall–Kier alpha value is -4.46. The Morgan fingerprint density at radius 3 is 2.13 bits per heavy atom. The van der Waals surface area contributed by atoms with Crippen molar-refractivity contribution >= 4 is 63.6 Å². The number of nitrogens with two attached hydrogens (primary N) is 1. The summed E-state index contributed by atoms with van der Waals surface area (Å²) in [4.78, 5) is 46.5. The summed E-state index contributed by atoms with van der Waals surface area (Å²) in [5.41, 5.74) is 6.38. The van der Waals surface area contributed by atoms with Gasteiger partial charge in [-0.15, -0.1) is 10.2 Å². The molecule has 0 unspecified atom stereocenters. The molecule has 38 heavy (non-hydrogen) atoms. The van der Waals surface area contributed by atoms with E-state index in [1.807, 2.05) is 0 Å². The number of anilines is 3. The minimum atomic E-state index is -0.643. The van der Waals surface area contributed by atoms with Crippen molar-refractivity contribution in [2.24, 2.45) is 10.2 Å². The number of nitrogens with one attached hydrogen (secondary N) is 1. The number of nitrogen functional groups attached to an aromatic ring is 1. The molecule has 0 spiro atoms. The van der Waals surface area contributed by atoms with Gasteiger partial charge in [0.05, 0.1) is 47.2 Å². The number of carbonyl (C=O) groups is 3. The van der Waals surface area contributed by atoms with Crippen LogP contribution in [0, 0.1) is 10.1 Å². The van der Waals surface area contributed by atoms with Gasteiger partial charge in [-0.05, 0) is 6.07 Å². The normalized spacial score (nSPS) is 10.7. The maximum Gasteiger partial charge on any atom is 0.302 e. The molecule has 0 bridgehead atoms. The number of hydrogen-bond acceptors (Lipinski definition) is 12. The van der Waals surface area contributed by atoms with E-state index in [4.69, 9.17) is 31.5 Å². The maximum absolute atomic E-state index is 11.9. The molecule has 0 heterocycles. The van der Waals surface area contributed by atoms with E-state index in [0.29, 0.717) is 11.4 Å². The summed E-state index contributed by atoms with van der Waals surface area (Å²) in [6.07, 6.45) is 0. The fourth-order valence-electron chi connectivity index (χ4n) is 3.21. The lowest BCUT2D eigenvalue weighted by atomic mass is 10.2. The van der Waals surface area contributed by atoms with Crippen LogP contribution in [0.4, 0.5) is 34.1 Å². The smallest absolute Gasteiger partial charge is 0.302 e. The van der Waals surface area contributed by atoms with Crippen LogP contribution < -0.4 is 20.7 Å². The van der Waals surface area contributed by atoms with Crippen molar-refractivity contribution < 1.29 is 33.5 Å². The van der Waals surface area contributed by atoms with Gasteiger partial charge in [-0.2, -0.15) is 0 Å². The van der Waals surface area contributed by atoms with Crippen LogP contribution >= 0.6 is 11.6 Å². The highest BCUT2D eigenvalue weighted by Gasteiger charge is 2.19. The van der Waals surface area contributed by atoms with Crippen LogP contribution in [0.2, 0.25) is 5.02 Å². The van der Waals surface area contributed by atoms with E-state index < -0.39 is 22.8 Å². The molecule has 2 aromatic rings. The predicted molar refractivity (Wildman–Crippen MR) is 139 cm³/mol. The number of nitro groups is 1. The zero-order valence-electron chi connectivity index (χ0n) is 21.1. The topological polar surface area (TPSA) is 188 Å². The number of methoxy groups -OCH3 is 1. The second kappa shape index (κ2) is 13.7. The molecule has 1 amide bonds. The zero-order valence-corrected chi connectivity index (χ0v) is 21.9. The van der Waals surface area contributed by atoms with Crippen LogP contribution in [0.15, 0.2) is 34.5 Å². The number of hydrogen-bond donors (Lipinski definition) is 2. The lowest BCUT2D eigenvalue weighted by Crippen LogP contribution is -2.32. The molecule has 0 saturated carbocycles. The van der Waals surface area contributed by atoms with E-state index in [1.165, 1.54) is 33.9 Å². The number of non-ortho nitro benzene ring substituents is 1. The van der Waals surface area contributed by atoms with Crippen LogP contribution in [-0.2, 0) is 23.9 Å². The molecule has 0 saturated heterocycles. The van der Waals surface area contributed by atoms with Gasteiger partial charge < -0.3 is 30.2 Å². The molecular formula is C23H27ClN6O8. The van der Waals surface area contributed by atoms with Gasteiger partial charge >= 0.3 is 11.9 Å². The van der Waals surface area contributed by atoms with Gasteiger partial charge in [0, 0.05) is 39.0 Å². The summed E-state index contributed by atoms with van der Waals surface area (Å²) in [7, 11) is 1.42. The Labute approximate surface area is 222 Å². The molecule has 0 atom stereocenters. The number of esters is 2. The first-order chi connectivity index (χ1) is 17.9. The first-order valence-corrected chi connectivity index (χ1v) is 11.5. The van der Waals surface area contributed by atoms with Crippen LogP contribution in [0.1, 0.15) is 20.8 Å². The molecule has 2 aromatic carbocycles. The first-order valence-electron chi connectivity index (χ1n) is 11.1. The number of nitrogens with zero attached hydrogens (tertiary/aromatic N) is 4. The lowest BCUT2D eigenvalue weighted by Gasteiger charge is -2.27. The van der Waals surface area contributed by atoms with E-state index >= 15 is 0 Å². The first kappa shape index (κ1) is 29.8. The van der Waals surface area contributed by atoms with E-state index in [-0.39, 0.29) is 59.8 Å². The van der Waals surface area contributed by atoms with Crippen LogP contribution in [-0.4, -0.2) is 56.2 Å². The molecule has 0 aromatic heterocycles. The number of benzene rings is 2. The number of azo groups is 1. The quantitative estimate of drug-likeness (QED) is 0.128. The molecule has 0 aliphatic rings. The summed E-state index contributed by atoms with van der Waals surface area (Å²) in [6, 6.07) is 5.25. The van der Waals surface area contributed by atoms with Crippen LogP contribution in [0.3, 0.4) is 0 Å². The van der Waals surface area contributed by atoms with E-state index in [0.717, 1.165) is 12.1 Å². The molecule has 204 valence electrons. The number of carbonyl (C=O) groups excluding carboxylic acids is 3. The highest BCUT2D eigenvalue weighted by molar-refractivity contribution is 6.33. The van der Waals surface area contributed by atoms with Gasteiger partial charge in [0.25, 0.3) is 5.69 Å². The molecule has 0 aliphatic carbocycles. The van der Waals surface area contributed by atoms with Crippen LogP contribution in [0.5, 0.6) is 5.75 Å². The second-order valence-corrected chi connectivity index (χ2v) is 8.12. The summed E-state index contributed by atoms with van der Waals surface area (Å²) in [5.74, 6) is -1.02. The minimum Gasteiger partial charge on any atom is -0.494 e. The zero-order chi connectivity index (χ0) is 28.4. The molecular weight excluding hydrogens is 524 g/mol. The Balaban J connectivity index is 2.53. The molecule has 0 aliphatic heterocycles. The maximum atomic E-state index is 11.9. The fraction of sp³-hybridized carbons (Fsp3) is 0.348. The van der Waals surface area contributed by atoms with Crippen molar-refractivity contribution in [1.29, 1.82) is 0 Å². The van der Waals surface area contributed by atoms with Crippen molar-refractivity contribution in [1.82, 2.24) is 0 Å². The lowest BCUT2D eigenvalue weighted by molar-refractivity contribution is -0.384. The Bertz CT molecular complexity index is 1210. The van der Waals surface area contributed by atoms with Gasteiger partial charge in [-0.3, -0.25) is 24.5 Å². The highest BCUT2D eigenvalue weighted by Crippen LogP contribution is 2.41. The van der Waals surface area contributed by atoms with Crippen molar-refractivity contribution in [2.45, 2.75) is 20.8 Å². The van der Waals surface area contributed by atoms with Crippen molar-refractivity contribution in [2.75, 3.05) is 49.4 Å². The molecule has 15 heteroatoms. The standard InChI is InChI=1S/C23H27ClN6O8/c1-13(31)26-19-11-21(29(5-7-37-14(2)32)6-8-38-15(3)33)22(36-4)12-20(19)27-28-23-17(24)9-16(30(34)35)10-18(23)25/h9-12H,5-8,25H2,1-4H3,(H,26,31). The molecule has 14 nitrogen and oxygen atoms in total. The SMILES string of the molecule is COc1cc(N=Nc2c(N)cc([N+](=O)[O-])cc2Cl)c(NC(C)=O)cc1N(CCOC(C)=O)CCOC(C)=O. The van der Waals surface area contributed by atoms with E-state index in [2.05, 4.69) is 15.5 Å². The second-order valence-electron chi connectivity index (χ2n) is 7.71. The average molecular weight is 551 g/mol. The van der Waals surface area contributed by atoms with Crippen molar-refractivity contribution in [3.8, 4) is 5.75 Å². The number of halogens is 1. The average Bonchev–Trinajstić information content (AvgIpc) is 2.82. The summed E-state index contributed by atoms with van der Waals surface area (Å²) in [6.45, 7) is 4.36. The molecule has 2 rings (SSSR count). The van der Waals surface area contributed by atoms with E-state index in [1.54, 1.807) is 11.0 Å². The van der Waals surface area contributed by atoms with Gasteiger partial charge in [0.1, 0.15) is 30.3 Å². The number of ether oxygens (including phenoxy) is 3. The molecule has 0 radical (unpaired) electrons. The highest BCUT2D eigenvalue weighted by atomic mass is 35.5. The Morgan fingerprint density at radius 1 is 1.05 bits per heavy atom.